The lowest BCUT2D eigenvalue weighted by atomic mass is 10.1. The van der Waals surface area contributed by atoms with E-state index in [1.54, 1.807) is 4.90 Å². The second kappa shape index (κ2) is 8.80. The Kier molecular flexibility index (Phi) is 6.22. The number of likely N-dealkylation sites (tertiary alicyclic amines) is 1. The van der Waals surface area contributed by atoms with Gasteiger partial charge in [0.25, 0.3) is 0 Å². The summed E-state index contributed by atoms with van der Waals surface area (Å²) in [6.07, 6.45) is 1.41. The van der Waals surface area contributed by atoms with Crippen LogP contribution in [0.15, 0.2) is 28.8 Å². The summed E-state index contributed by atoms with van der Waals surface area (Å²) < 4.78 is 16.3. The van der Waals surface area contributed by atoms with Gasteiger partial charge < -0.3 is 18.9 Å². The molecule has 2 heterocycles. The van der Waals surface area contributed by atoms with Gasteiger partial charge in [-0.2, -0.15) is 4.98 Å². The van der Waals surface area contributed by atoms with E-state index in [-0.39, 0.29) is 18.4 Å². The van der Waals surface area contributed by atoms with Crippen LogP contribution in [0.5, 0.6) is 5.75 Å². The summed E-state index contributed by atoms with van der Waals surface area (Å²) in [5.41, 5.74) is 1.16. The summed E-state index contributed by atoms with van der Waals surface area (Å²) in [7, 11) is 0. The first kappa shape index (κ1) is 18.4. The molecule has 1 aliphatic rings. The lowest BCUT2D eigenvalue weighted by Gasteiger charge is -2.15. The number of amides is 1. The quantitative estimate of drug-likeness (QED) is 0.720. The van der Waals surface area contributed by atoms with Crippen LogP contribution in [0.25, 0.3) is 0 Å². The Balaban J connectivity index is 1.46. The zero-order valence-electron chi connectivity index (χ0n) is 15.3. The molecule has 1 amide bonds. The number of carbonyl (C=O) groups excluding carboxylic acids is 1. The van der Waals surface area contributed by atoms with Gasteiger partial charge in [-0.3, -0.25) is 4.79 Å². The minimum atomic E-state index is 0.0145. The van der Waals surface area contributed by atoms with E-state index in [0.717, 1.165) is 17.7 Å². The number of carbonyl (C=O) groups is 1. The highest BCUT2D eigenvalue weighted by Gasteiger charge is 2.30. The molecule has 0 saturated carbocycles. The van der Waals surface area contributed by atoms with Gasteiger partial charge in [-0.1, -0.05) is 17.3 Å². The standard InChI is InChI=1S/C19H25N3O4/c1-3-24-13-18(23)22-9-7-15(12-22)19-20-17(21-26-19)8-10-25-16-6-4-5-14(2)11-16/h4-6,11,15H,3,7-10,12-13H2,1-2H3. The molecule has 7 heteroatoms. The average molecular weight is 359 g/mol. The molecule has 1 aliphatic heterocycles. The normalized spacial score (nSPS) is 16.8. The molecule has 1 unspecified atom stereocenters. The van der Waals surface area contributed by atoms with E-state index in [9.17, 15) is 4.79 Å². The van der Waals surface area contributed by atoms with Gasteiger partial charge in [0.1, 0.15) is 12.4 Å². The molecule has 1 atom stereocenters. The second-order valence-electron chi connectivity index (χ2n) is 6.43. The highest BCUT2D eigenvalue weighted by atomic mass is 16.5. The SMILES string of the molecule is CCOCC(=O)N1CCC(c2nc(CCOc3cccc(C)c3)no2)C1. The molecule has 2 aromatic rings. The van der Waals surface area contributed by atoms with E-state index in [4.69, 9.17) is 14.0 Å². The summed E-state index contributed by atoms with van der Waals surface area (Å²) in [4.78, 5) is 18.3. The molecule has 26 heavy (non-hydrogen) atoms. The third kappa shape index (κ3) is 4.82. The predicted molar refractivity (Wildman–Crippen MR) is 95.1 cm³/mol. The number of aromatic nitrogens is 2. The van der Waals surface area contributed by atoms with Crippen molar-refractivity contribution >= 4 is 5.91 Å². The third-order valence-electron chi connectivity index (χ3n) is 4.39. The number of hydrogen-bond donors (Lipinski definition) is 0. The zero-order valence-corrected chi connectivity index (χ0v) is 15.3. The summed E-state index contributed by atoms with van der Waals surface area (Å²) >= 11 is 0. The Labute approximate surface area is 153 Å². The van der Waals surface area contributed by atoms with Crippen LogP contribution in [-0.4, -0.2) is 53.9 Å². The molecule has 0 aliphatic carbocycles. The molecule has 140 valence electrons. The molecule has 7 nitrogen and oxygen atoms in total. The molecule has 1 aromatic heterocycles. The van der Waals surface area contributed by atoms with Crippen LogP contribution in [0.3, 0.4) is 0 Å². The van der Waals surface area contributed by atoms with E-state index < -0.39 is 0 Å². The van der Waals surface area contributed by atoms with Crippen molar-refractivity contribution in [1.29, 1.82) is 0 Å². The Bertz CT molecular complexity index is 731. The van der Waals surface area contributed by atoms with Gasteiger partial charge in [0.05, 0.1) is 12.5 Å². The minimum absolute atomic E-state index is 0.0145. The molecule has 0 spiro atoms. The first-order valence-corrected chi connectivity index (χ1v) is 9.03. The van der Waals surface area contributed by atoms with Crippen LogP contribution >= 0.6 is 0 Å². The number of nitrogens with zero attached hydrogens (tertiary/aromatic N) is 3. The molecule has 0 bridgehead atoms. The fraction of sp³-hybridized carbons (Fsp3) is 0.526. The fourth-order valence-electron chi connectivity index (χ4n) is 2.97. The summed E-state index contributed by atoms with van der Waals surface area (Å²) in [6.45, 7) is 6.38. The first-order valence-electron chi connectivity index (χ1n) is 9.03. The van der Waals surface area contributed by atoms with E-state index in [1.165, 1.54) is 0 Å². The van der Waals surface area contributed by atoms with Gasteiger partial charge in [0, 0.05) is 26.1 Å². The second-order valence-corrected chi connectivity index (χ2v) is 6.43. The van der Waals surface area contributed by atoms with Crippen LogP contribution < -0.4 is 4.74 Å². The lowest BCUT2D eigenvalue weighted by Crippen LogP contribution is -2.31. The topological polar surface area (TPSA) is 77.7 Å². The van der Waals surface area contributed by atoms with E-state index in [2.05, 4.69) is 10.1 Å². The molecule has 1 fully saturated rings. The van der Waals surface area contributed by atoms with E-state index >= 15 is 0 Å². The summed E-state index contributed by atoms with van der Waals surface area (Å²) in [5, 5.41) is 4.03. The molecule has 3 rings (SSSR count). The molecular formula is C19H25N3O4. The van der Waals surface area contributed by atoms with Crippen molar-refractivity contribution in [3.8, 4) is 5.75 Å². The van der Waals surface area contributed by atoms with Crippen LogP contribution in [-0.2, 0) is 16.0 Å². The molecule has 1 aromatic carbocycles. The Hall–Kier alpha value is -2.41. The van der Waals surface area contributed by atoms with Gasteiger partial charge >= 0.3 is 0 Å². The summed E-state index contributed by atoms with van der Waals surface area (Å²) in [6, 6.07) is 7.92. The monoisotopic (exact) mass is 359 g/mol. The molecule has 1 saturated heterocycles. The third-order valence-corrected chi connectivity index (χ3v) is 4.39. The molecule has 0 N–H and O–H groups in total. The van der Waals surface area contributed by atoms with Crippen molar-refractivity contribution < 1.29 is 18.8 Å². The average Bonchev–Trinajstić information content (AvgIpc) is 3.29. The molecular weight excluding hydrogens is 334 g/mol. The maximum absolute atomic E-state index is 12.0. The van der Waals surface area contributed by atoms with Crippen molar-refractivity contribution in [2.45, 2.75) is 32.6 Å². The highest BCUT2D eigenvalue weighted by molar-refractivity contribution is 5.77. The Morgan fingerprint density at radius 2 is 2.31 bits per heavy atom. The Morgan fingerprint density at radius 1 is 1.42 bits per heavy atom. The van der Waals surface area contributed by atoms with Crippen LogP contribution in [0.1, 0.15) is 36.5 Å². The zero-order chi connectivity index (χ0) is 18.4. The number of benzene rings is 1. The van der Waals surface area contributed by atoms with Crippen LogP contribution in [0.4, 0.5) is 0 Å². The number of aryl methyl sites for hydroxylation is 1. The predicted octanol–water partition coefficient (Wildman–Crippen LogP) is 2.35. The summed E-state index contributed by atoms with van der Waals surface area (Å²) in [5.74, 6) is 2.18. The van der Waals surface area contributed by atoms with Gasteiger partial charge in [-0.15, -0.1) is 0 Å². The maximum Gasteiger partial charge on any atom is 0.248 e. The fourth-order valence-corrected chi connectivity index (χ4v) is 2.97. The van der Waals surface area contributed by atoms with Crippen molar-refractivity contribution in [2.24, 2.45) is 0 Å². The van der Waals surface area contributed by atoms with Gasteiger partial charge in [0.2, 0.25) is 11.8 Å². The van der Waals surface area contributed by atoms with Crippen molar-refractivity contribution in [2.75, 3.05) is 32.9 Å². The largest absolute Gasteiger partial charge is 0.493 e. The van der Waals surface area contributed by atoms with Gasteiger partial charge in [0.15, 0.2) is 5.82 Å². The van der Waals surface area contributed by atoms with Crippen molar-refractivity contribution in [3.63, 3.8) is 0 Å². The van der Waals surface area contributed by atoms with Gasteiger partial charge in [-0.05, 0) is 38.0 Å². The van der Waals surface area contributed by atoms with Crippen molar-refractivity contribution in [1.82, 2.24) is 15.0 Å². The minimum Gasteiger partial charge on any atom is -0.493 e. The van der Waals surface area contributed by atoms with Crippen LogP contribution in [0.2, 0.25) is 0 Å². The van der Waals surface area contributed by atoms with E-state index in [0.29, 0.717) is 44.4 Å². The smallest absolute Gasteiger partial charge is 0.248 e. The Morgan fingerprint density at radius 3 is 3.12 bits per heavy atom. The van der Waals surface area contributed by atoms with Crippen molar-refractivity contribution in [3.05, 3.63) is 41.5 Å². The van der Waals surface area contributed by atoms with Gasteiger partial charge in [-0.25, -0.2) is 0 Å². The lowest BCUT2D eigenvalue weighted by molar-refractivity contribution is -0.134. The number of rotatable bonds is 8. The number of hydrogen-bond acceptors (Lipinski definition) is 6. The maximum atomic E-state index is 12.0. The molecule has 0 radical (unpaired) electrons. The van der Waals surface area contributed by atoms with Crippen LogP contribution in [0, 0.1) is 6.92 Å². The van der Waals surface area contributed by atoms with E-state index in [1.807, 2.05) is 38.1 Å². The number of ether oxygens (including phenoxy) is 2. The highest BCUT2D eigenvalue weighted by Crippen LogP contribution is 2.26. The first-order chi connectivity index (χ1) is 12.7.